The van der Waals surface area contributed by atoms with Crippen molar-refractivity contribution >= 4 is 45.7 Å². The molecule has 0 radical (unpaired) electrons. The van der Waals surface area contributed by atoms with Crippen LogP contribution in [-0.2, 0) is 9.59 Å². The van der Waals surface area contributed by atoms with Crippen LogP contribution in [0.15, 0.2) is 54.1 Å². The zero-order valence-electron chi connectivity index (χ0n) is 25.0. The first-order valence-electron chi connectivity index (χ1n) is 15.4. The molecule has 4 aromatic rings. The Labute approximate surface area is 268 Å². The van der Waals surface area contributed by atoms with E-state index in [1.54, 1.807) is 35.0 Å². The van der Waals surface area contributed by atoms with Crippen molar-refractivity contribution in [3.63, 3.8) is 0 Å². The van der Waals surface area contributed by atoms with Crippen molar-refractivity contribution in [2.45, 2.75) is 43.6 Å². The number of amides is 2. The van der Waals surface area contributed by atoms with E-state index in [-0.39, 0.29) is 64.3 Å². The van der Waals surface area contributed by atoms with Gasteiger partial charge in [-0.3, -0.25) is 19.0 Å². The maximum atomic E-state index is 15.3. The highest BCUT2D eigenvalue weighted by atomic mass is 35.5. The number of likely N-dealkylation sites (N-methyl/N-ethyl adjacent to an activating group) is 1. The largest absolute Gasteiger partial charge is 0.507 e. The monoisotopic (exact) mass is 640 g/mol. The lowest BCUT2D eigenvalue weighted by molar-refractivity contribution is -0.128. The molecule has 4 aliphatic rings. The average Bonchev–Trinajstić information content (AvgIpc) is 3.97. The minimum Gasteiger partial charge on any atom is -0.507 e. The first kappa shape index (κ1) is 28.7. The van der Waals surface area contributed by atoms with Crippen molar-refractivity contribution in [3.05, 3.63) is 81.9 Å². The zero-order valence-corrected chi connectivity index (χ0v) is 25.8. The summed E-state index contributed by atoms with van der Waals surface area (Å²) in [6, 6.07) is 6.60. The van der Waals surface area contributed by atoms with Crippen LogP contribution in [0.25, 0.3) is 27.7 Å². The molecule has 2 aliphatic carbocycles. The molecule has 1 saturated heterocycles. The van der Waals surface area contributed by atoms with Crippen LogP contribution in [0.3, 0.4) is 0 Å². The van der Waals surface area contributed by atoms with Gasteiger partial charge in [-0.1, -0.05) is 24.2 Å². The Morgan fingerprint density at radius 1 is 1.04 bits per heavy atom. The molecular weight excluding hydrogens is 611 g/mol. The molecule has 10 nitrogen and oxygen atoms in total. The van der Waals surface area contributed by atoms with E-state index in [0.717, 1.165) is 37.1 Å². The molecule has 0 bridgehead atoms. The third kappa shape index (κ3) is 4.24. The molecule has 234 valence electrons. The highest BCUT2D eigenvalue weighted by Crippen LogP contribution is 2.50. The molecular formula is C34H30ClFN6O4. The van der Waals surface area contributed by atoms with E-state index < -0.39 is 17.4 Å². The minimum atomic E-state index is -0.744. The second kappa shape index (κ2) is 10.4. The number of nitrogens with zero attached hydrogens (tertiary/aromatic N) is 6. The lowest BCUT2D eigenvalue weighted by atomic mass is 9.97. The van der Waals surface area contributed by atoms with Gasteiger partial charge in [-0.15, -0.1) is 0 Å². The molecule has 8 rings (SSSR count). The number of hydrogen-bond acceptors (Lipinski definition) is 7. The molecule has 0 unspecified atom stereocenters. The van der Waals surface area contributed by atoms with E-state index in [1.165, 1.54) is 29.2 Å². The lowest BCUT2D eigenvalue weighted by Gasteiger charge is -2.47. The van der Waals surface area contributed by atoms with E-state index in [2.05, 4.69) is 16.5 Å². The zero-order chi connectivity index (χ0) is 32.0. The first-order chi connectivity index (χ1) is 22.2. The number of anilines is 2. The summed E-state index contributed by atoms with van der Waals surface area (Å²) in [6.45, 7) is 4.32. The van der Waals surface area contributed by atoms with Gasteiger partial charge >= 0.3 is 0 Å². The fraction of sp³-hybridized carbons (Fsp3) is 0.324. The number of hydrogen-bond donors (Lipinski definition) is 1. The summed E-state index contributed by atoms with van der Waals surface area (Å²) in [4.78, 5) is 55.6. The summed E-state index contributed by atoms with van der Waals surface area (Å²) in [5, 5.41) is 11.5. The number of carbonyl (C=O) groups is 2. The van der Waals surface area contributed by atoms with Crippen LogP contribution in [0.5, 0.6) is 5.75 Å². The quantitative estimate of drug-likeness (QED) is 0.310. The number of aromatic hydroxyl groups is 1. The van der Waals surface area contributed by atoms with Crippen LogP contribution in [0, 0.1) is 5.82 Å². The van der Waals surface area contributed by atoms with E-state index >= 15 is 4.39 Å². The number of rotatable bonds is 5. The third-order valence-electron chi connectivity index (χ3n) is 9.61. The van der Waals surface area contributed by atoms with Gasteiger partial charge in [-0.2, -0.15) is 0 Å². The summed E-state index contributed by atoms with van der Waals surface area (Å²) < 4.78 is 16.9. The molecule has 3 fully saturated rings. The van der Waals surface area contributed by atoms with Gasteiger partial charge in [-0.25, -0.2) is 14.4 Å². The maximum absolute atomic E-state index is 15.3. The van der Waals surface area contributed by atoms with Crippen LogP contribution in [-0.4, -0.2) is 69.1 Å². The summed E-state index contributed by atoms with van der Waals surface area (Å²) in [7, 11) is 1.57. The van der Waals surface area contributed by atoms with Gasteiger partial charge < -0.3 is 19.8 Å². The number of carbonyl (C=O) groups excluding carboxylic acids is 2. The maximum Gasteiger partial charge on any atom is 0.281 e. The third-order valence-corrected chi connectivity index (χ3v) is 9.92. The van der Waals surface area contributed by atoms with Crippen LogP contribution < -0.4 is 15.4 Å². The summed E-state index contributed by atoms with van der Waals surface area (Å²) in [5.41, 5.74) is 2.95. The van der Waals surface area contributed by atoms with E-state index in [1.807, 2.05) is 4.90 Å². The van der Waals surface area contributed by atoms with Crippen molar-refractivity contribution in [2.75, 3.05) is 36.5 Å². The van der Waals surface area contributed by atoms with Gasteiger partial charge in [0.1, 0.15) is 29.6 Å². The van der Waals surface area contributed by atoms with Crippen molar-refractivity contribution in [1.82, 2.24) is 19.4 Å². The highest BCUT2D eigenvalue weighted by molar-refractivity contribution is 6.34. The second-order valence-electron chi connectivity index (χ2n) is 12.5. The topological polar surface area (TPSA) is 112 Å². The molecule has 4 heterocycles. The van der Waals surface area contributed by atoms with Crippen molar-refractivity contribution in [1.29, 1.82) is 0 Å². The van der Waals surface area contributed by atoms with Crippen LogP contribution in [0.1, 0.15) is 48.9 Å². The van der Waals surface area contributed by atoms with Crippen molar-refractivity contribution in [2.24, 2.45) is 0 Å². The Bertz CT molecular complexity index is 2020. The smallest absolute Gasteiger partial charge is 0.281 e. The Balaban J connectivity index is 1.47. The summed E-state index contributed by atoms with van der Waals surface area (Å²) in [6.07, 6.45) is 6.50. The van der Waals surface area contributed by atoms with Gasteiger partial charge in [0.2, 0.25) is 5.91 Å². The molecule has 0 spiro atoms. The van der Waals surface area contributed by atoms with Crippen LogP contribution in [0.4, 0.5) is 15.8 Å². The van der Waals surface area contributed by atoms with E-state index in [9.17, 15) is 19.5 Å². The second-order valence-corrected chi connectivity index (χ2v) is 12.9. The molecule has 2 amide bonds. The number of halogens is 2. The number of phenolic OH excluding ortho intramolecular Hbond substituents is 1. The normalized spacial score (nSPS) is 19.3. The van der Waals surface area contributed by atoms with Crippen LogP contribution >= 0.6 is 11.6 Å². The lowest BCUT2D eigenvalue weighted by Crippen LogP contribution is -2.63. The highest BCUT2D eigenvalue weighted by Gasteiger charge is 2.45. The number of aromatic nitrogens is 3. The number of fused-ring (bicyclic) bond motifs is 5. The molecule has 2 aliphatic heterocycles. The predicted octanol–water partition coefficient (Wildman–Crippen LogP) is 4.88. The Morgan fingerprint density at radius 2 is 1.74 bits per heavy atom. The van der Waals surface area contributed by atoms with Gasteiger partial charge in [0, 0.05) is 47.9 Å². The standard InChI is InChI=1S/C34H30ClFN6O4/c1-3-26(44)40-11-12-41-24(15-40)33(45)39(2)32-30(41)20-13-21(35)19(27-22(36)5-4-6-25(27)43)14-23(20)42(34(32)46)31-28(17-7-8-17)37-16-38-29(31)18-9-10-18/h3-6,13-14,16-18,24,43H,1,7-12,15H2,2H3/t24-/m1/s1. The van der Waals surface area contributed by atoms with E-state index in [4.69, 9.17) is 11.6 Å². The Kier molecular flexibility index (Phi) is 6.47. The molecule has 12 heteroatoms. The van der Waals surface area contributed by atoms with E-state index in [0.29, 0.717) is 28.8 Å². The van der Waals surface area contributed by atoms with Gasteiger partial charge in [0.25, 0.3) is 11.5 Å². The van der Waals surface area contributed by atoms with Crippen LogP contribution in [0.2, 0.25) is 5.02 Å². The minimum absolute atomic E-state index is 0.0815. The van der Waals surface area contributed by atoms with Gasteiger partial charge in [-0.05, 0) is 56.0 Å². The molecule has 1 atom stereocenters. The molecule has 2 aromatic heterocycles. The Hall–Kier alpha value is -4.77. The SMILES string of the molecule is C=CC(=O)N1CCN2c3c(c(=O)n(-c4c(C5CC5)ncnc4C4CC4)c4cc(-c5c(O)cccc5F)c(Cl)cc34)N(C)C(=O)[C@H]2C1. The fourth-order valence-corrected chi connectivity index (χ4v) is 7.30. The molecule has 2 saturated carbocycles. The summed E-state index contributed by atoms with van der Waals surface area (Å²) >= 11 is 6.92. The van der Waals surface area contributed by atoms with Gasteiger partial charge in [0.05, 0.1) is 40.4 Å². The average molecular weight is 641 g/mol. The Morgan fingerprint density at radius 3 is 2.37 bits per heavy atom. The molecule has 1 N–H and O–H groups in total. The number of piperazine rings is 1. The van der Waals surface area contributed by atoms with Gasteiger partial charge in [0.15, 0.2) is 0 Å². The fourth-order valence-electron chi connectivity index (χ4n) is 7.04. The number of benzene rings is 2. The van der Waals surface area contributed by atoms with Crippen molar-refractivity contribution in [3.8, 4) is 22.6 Å². The summed E-state index contributed by atoms with van der Waals surface area (Å²) in [5.74, 6) is -1.22. The number of phenols is 1. The molecule has 46 heavy (non-hydrogen) atoms. The number of pyridine rings is 1. The first-order valence-corrected chi connectivity index (χ1v) is 15.8. The predicted molar refractivity (Wildman–Crippen MR) is 172 cm³/mol. The molecule has 2 aromatic carbocycles. The van der Waals surface area contributed by atoms with Crippen molar-refractivity contribution < 1.29 is 19.1 Å².